The zero-order chi connectivity index (χ0) is 25.1. The molecule has 0 aliphatic carbocycles. The number of nitriles is 1. The van der Waals surface area contributed by atoms with Crippen LogP contribution >= 0.6 is 11.6 Å². The number of carbonyl (C=O) groups excluding carboxylic acids is 1. The average Bonchev–Trinajstić information content (AvgIpc) is 3.18. The molecule has 0 aliphatic rings. The van der Waals surface area contributed by atoms with E-state index < -0.39 is 30.2 Å². The highest BCUT2D eigenvalue weighted by molar-refractivity contribution is 6.30. The molecule has 0 bridgehead atoms. The van der Waals surface area contributed by atoms with Crippen molar-refractivity contribution in [2.75, 3.05) is 7.11 Å². The minimum atomic E-state index is -0.935. The topological polar surface area (TPSA) is 88.7 Å². The van der Waals surface area contributed by atoms with Gasteiger partial charge in [-0.05, 0) is 36.8 Å². The number of rotatable bonds is 7. The highest BCUT2D eigenvalue weighted by Crippen LogP contribution is 2.29. The lowest BCUT2D eigenvalue weighted by Gasteiger charge is -2.14. The molecule has 1 amide bonds. The van der Waals surface area contributed by atoms with E-state index >= 15 is 0 Å². The number of halogens is 3. The van der Waals surface area contributed by atoms with Gasteiger partial charge in [0.05, 0.1) is 30.6 Å². The Balaban J connectivity index is 1.69. The normalized spacial score (nSPS) is 11.7. The SMILES string of the molecule is COc1cc(OCc2c(F)cccc2F)c2nc(C)c(C(=O)NC(C#N)c3ccc(Cl)cc3)n2c1. The smallest absolute Gasteiger partial charge is 0.271 e. The standard InChI is InChI=1S/C25H19ClF2N4O3/c1-14-23(25(33)31-21(11-29)15-6-8-16(26)9-7-15)32-12-17(34-2)10-22(24(32)30-14)35-13-18-19(27)4-3-5-20(18)28/h3-10,12,21H,13H2,1-2H3,(H,31,33). The zero-order valence-electron chi connectivity index (χ0n) is 18.7. The monoisotopic (exact) mass is 496 g/mol. The van der Waals surface area contributed by atoms with Gasteiger partial charge in [0.2, 0.25) is 0 Å². The molecule has 0 saturated carbocycles. The Morgan fingerprint density at radius 1 is 1.23 bits per heavy atom. The molecule has 0 fully saturated rings. The maximum absolute atomic E-state index is 14.1. The van der Waals surface area contributed by atoms with E-state index in [2.05, 4.69) is 16.4 Å². The zero-order valence-corrected chi connectivity index (χ0v) is 19.4. The number of ether oxygens (including phenoxy) is 2. The van der Waals surface area contributed by atoms with Gasteiger partial charge < -0.3 is 14.8 Å². The number of benzene rings is 2. The highest BCUT2D eigenvalue weighted by Gasteiger charge is 2.23. The minimum Gasteiger partial charge on any atom is -0.495 e. The number of nitrogens with one attached hydrogen (secondary N) is 1. The highest BCUT2D eigenvalue weighted by atomic mass is 35.5. The van der Waals surface area contributed by atoms with Crippen LogP contribution in [0.1, 0.15) is 33.4 Å². The van der Waals surface area contributed by atoms with Crippen molar-refractivity contribution in [3.63, 3.8) is 0 Å². The second kappa shape index (κ2) is 9.99. The van der Waals surface area contributed by atoms with Gasteiger partial charge in [-0.2, -0.15) is 5.26 Å². The van der Waals surface area contributed by atoms with Crippen LogP contribution in [0.2, 0.25) is 5.02 Å². The van der Waals surface area contributed by atoms with Gasteiger partial charge in [0.15, 0.2) is 11.4 Å². The first-order chi connectivity index (χ1) is 16.8. The van der Waals surface area contributed by atoms with Crippen molar-refractivity contribution in [3.05, 3.63) is 93.9 Å². The number of nitrogens with zero attached hydrogens (tertiary/aromatic N) is 3. The van der Waals surface area contributed by atoms with Crippen LogP contribution < -0.4 is 14.8 Å². The van der Waals surface area contributed by atoms with Crippen LogP contribution in [-0.4, -0.2) is 22.4 Å². The number of hydrogen-bond acceptors (Lipinski definition) is 5. The van der Waals surface area contributed by atoms with Gasteiger partial charge in [0, 0.05) is 11.1 Å². The second-order valence-electron chi connectivity index (χ2n) is 7.56. The van der Waals surface area contributed by atoms with Gasteiger partial charge in [-0.15, -0.1) is 0 Å². The molecule has 2 heterocycles. The summed E-state index contributed by atoms with van der Waals surface area (Å²) in [5.41, 5.74) is 1.06. The number of aromatic nitrogens is 2. The van der Waals surface area contributed by atoms with Gasteiger partial charge >= 0.3 is 0 Å². The summed E-state index contributed by atoms with van der Waals surface area (Å²) in [5.74, 6) is -1.57. The van der Waals surface area contributed by atoms with E-state index in [1.165, 1.54) is 29.8 Å². The lowest BCUT2D eigenvalue weighted by Crippen LogP contribution is -2.29. The molecule has 1 atom stereocenters. The number of amides is 1. The molecule has 35 heavy (non-hydrogen) atoms. The molecule has 4 rings (SSSR count). The Bertz CT molecular complexity index is 1430. The largest absolute Gasteiger partial charge is 0.495 e. The molecule has 178 valence electrons. The molecule has 2 aromatic carbocycles. The van der Waals surface area contributed by atoms with E-state index in [-0.39, 0.29) is 22.7 Å². The number of carbonyl (C=O) groups is 1. The first-order valence-corrected chi connectivity index (χ1v) is 10.8. The van der Waals surface area contributed by atoms with Gasteiger partial charge in [-0.3, -0.25) is 9.20 Å². The van der Waals surface area contributed by atoms with Gasteiger partial charge in [0.25, 0.3) is 5.91 Å². The van der Waals surface area contributed by atoms with Crippen molar-refractivity contribution < 1.29 is 23.0 Å². The van der Waals surface area contributed by atoms with Gasteiger partial charge in [-0.25, -0.2) is 13.8 Å². The Kier molecular flexibility index (Phi) is 6.85. The summed E-state index contributed by atoms with van der Waals surface area (Å²) in [7, 11) is 1.43. The quantitative estimate of drug-likeness (QED) is 0.382. The van der Waals surface area contributed by atoms with Crippen LogP contribution in [-0.2, 0) is 6.61 Å². The molecule has 1 unspecified atom stereocenters. The number of fused-ring (bicyclic) bond motifs is 1. The van der Waals surface area contributed by atoms with E-state index in [9.17, 15) is 18.8 Å². The molecule has 7 nitrogen and oxygen atoms in total. The van der Waals surface area contributed by atoms with Crippen molar-refractivity contribution in [1.82, 2.24) is 14.7 Å². The van der Waals surface area contributed by atoms with Crippen LogP contribution in [0.4, 0.5) is 8.78 Å². The maximum Gasteiger partial charge on any atom is 0.271 e. The molecular weight excluding hydrogens is 478 g/mol. The van der Waals surface area contributed by atoms with E-state index in [1.54, 1.807) is 31.2 Å². The first-order valence-electron chi connectivity index (χ1n) is 10.4. The molecule has 0 aliphatic heterocycles. The first kappa shape index (κ1) is 24.0. The van der Waals surface area contributed by atoms with Gasteiger partial charge in [0.1, 0.15) is 35.7 Å². The van der Waals surface area contributed by atoms with Crippen molar-refractivity contribution in [3.8, 4) is 17.6 Å². The molecular formula is C25H19ClF2N4O3. The number of methoxy groups -OCH3 is 1. The van der Waals surface area contributed by atoms with Crippen LogP contribution in [0.3, 0.4) is 0 Å². The third-order valence-electron chi connectivity index (χ3n) is 5.33. The second-order valence-corrected chi connectivity index (χ2v) is 8.00. The van der Waals surface area contributed by atoms with Crippen LogP contribution in [0, 0.1) is 29.9 Å². The van der Waals surface area contributed by atoms with Crippen molar-refractivity contribution >= 4 is 23.2 Å². The fourth-order valence-corrected chi connectivity index (χ4v) is 3.69. The summed E-state index contributed by atoms with van der Waals surface area (Å²) in [6.07, 6.45) is 1.53. The summed E-state index contributed by atoms with van der Waals surface area (Å²) in [6.45, 7) is 1.22. The van der Waals surface area contributed by atoms with Crippen molar-refractivity contribution in [2.24, 2.45) is 0 Å². The Hall–Kier alpha value is -4.16. The fourth-order valence-electron chi connectivity index (χ4n) is 3.56. The number of hydrogen-bond donors (Lipinski definition) is 1. The molecule has 10 heteroatoms. The Morgan fingerprint density at radius 2 is 1.91 bits per heavy atom. The molecule has 2 aromatic heterocycles. The Labute approximate surface area is 204 Å². The predicted molar refractivity (Wildman–Crippen MR) is 124 cm³/mol. The average molecular weight is 497 g/mol. The summed E-state index contributed by atoms with van der Waals surface area (Å²) in [6, 6.07) is 12.7. The molecule has 0 saturated heterocycles. The number of imidazole rings is 1. The third-order valence-corrected chi connectivity index (χ3v) is 5.58. The number of aryl methyl sites for hydroxylation is 1. The van der Waals surface area contributed by atoms with Crippen molar-refractivity contribution in [1.29, 1.82) is 5.26 Å². The number of pyridine rings is 1. The summed E-state index contributed by atoms with van der Waals surface area (Å²) < 4.78 is 40.6. The van der Waals surface area contributed by atoms with Crippen molar-refractivity contribution in [2.45, 2.75) is 19.6 Å². The summed E-state index contributed by atoms with van der Waals surface area (Å²) >= 11 is 5.91. The van der Waals surface area contributed by atoms with Gasteiger partial charge in [-0.1, -0.05) is 29.8 Å². The van der Waals surface area contributed by atoms with E-state index in [4.69, 9.17) is 21.1 Å². The van der Waals surface area contributed by atoms with E-state index in [0.29, 0.717) is 22.0 Å². The van der Waals surface area contributed by atoms with Crippen LogP contribution in [0.15, 0.2) is 54.7 Å². The summed E-state index contributed by atoms with van der Waals surface area (Å²) in [5, 5.41) is 12.8. The van der Waals surface area contributed by atoms with E-state index in [0.717, 1.165) is 12.1 Å². The summed E-state index contributed by atoms with van der Waals surface area (Å²) in [4.78, 5) is 17.6. The minimum absolute atomic E-state index is 0.148. The lowest BCUT2D eigenvalue weighted by atomic mass is 10.1. The van der Waals surface area contributed by atoms with Crippen LogP contribution in [0.25, 0.3) is 5.65 Å². The van der Waals surface area contributed by atoms with Crippen LogP contribution in [0.5, 0.6) is 11.5 Å². The molecule has 0 spiro atoms. The molecule has 0 radical (unpaired) electrons. The molecule has 1 N–H and O–H groups in total. The van der Waals surface area contributed by atoms with E-state index in [1.807, 2.05) is 0 Å². The lowest BCUT2D eigenvalue weighted by molar-refractivity contribution is 0.0938. The third kappa shape index (κ3) is 4.88. The Morgan fingerprint density at radius 3 is 2.54 bits per heavy atom. The fraction of sp³-hybridized carbons (Fsp3) is 0.160. The maximum atomic E-state index is 14.1. The predicted octanol–water partition coefficient (Wildman–Crippen LogP) is 5.16. The molecule has 4 aromatic rings.